The second kappa shape index (κ2) is 7.30. The molecule has 0 radical (unpaired) electrons. The van der Waals surface area contributed by atoms with E-state index in [2.05, 4.69) is 5.10 Å². The third kappa shape index (κ3) is 6.18. The largest absolute Gasteiger partial charge is 0.480 e. The molecule has 0 bridgehead atoms. The van der Waals surface area contributed by atoms with Gasteiger partial charge in [0.15, 0.2) is 0 Å². The van der Waals surface area contributed by atoms with Crippen LogP contribution in [0, 0.1) is 11.7 Å². The summed E-state index contributed by atoms with van der Waals surface area (Å²) in [5.41, 5.74) is 5.66. The van der Waals surface area contributed by atoms with E-state index in [0.717, 1.165) is 4.68 Å². The van der Waals surface area contributed by atoms with Gasteiger partial charge >= 0.3 is 12.1 Å². The highest BCUT2D eigenvalue weighted by atomic mass is 32.2. The van der Waals surface area contributed by atoms with Gasteiger partial charge in [0.1, 0.15) is 12.1 Å². The molecular formula is C12H19F3N4O3S. The molecule has 23 heavy (non-hydrogen) atoms. The second-order valence-corrected chi connectivity index (χ2v) is 7.68. The van der Waals surface area contributed by atoms with Crippen LogP contribution < -0.4 is 5.73 Å². The molecule has 0 spiro atoms. The van der Waals surface area contributed by atoms with Gasteiger partial charge in [-0.2, -0.15) is 18.3 Å². The van der Waals surface area contributed by atoms with Crippen LogP contribution in [-0.4, -0.2) is 48.8 Å². The zero-order chi connectivity index (χ0) is 17.8. The number of aryl methyl sites for hydroxylation is 1. The summed E-state index contributed by atoms with van der Waals surface area (Å²) in [4.78, 5) is 10.6. The molecule has 2 unspecified atom stereocenters. The molecule has 3 atom stereocenters. The summed E-state index contributed by atoms with van der Waals surface area (Å²) < 4.78 is 59.6. The van der Waals surface area contributed by atoms with Crippen molar-refractivity contribution in [3.63, 3.8) is 0 Å². The smallest absolute Gasteiger partial charge is 0.410 e. The van der Waals surface area contributed by atoms with Crippen LogP contribution in [0.15, 0.2) is 12.3 Å². The number of rotatable bonds is 8. The lowest BCUT2D eigenvalue weighted by Gasteiger charge is -2.21. The monoisotopic (exact) mass is 356 g/mol. The fourth-order valence-electron chi connectivity index (χ4n) is 1.90. The predicted octanol–water partition coefficient (Wildman–Crippen LogP) is 1.53. The number of hydrogen-bond donors (Lipinski definition) is 3. The highest BCUT2D eigenvalue weighted by molar-refractivity contribution is 7.92. The van der Waals surface area contributed by atoms with Crippen LogP contribution in [-0.2, 0) is 14.5 Å². The molecule has 0 fully saturated rings. The number of aromatic nitrogens is 2. The van der Waals surface area contributed by atoms with Crippen molar-refractivity contribution in [2.75, 3.05) is 11.5 Å². The maximum absolute atomic E-state index is 13.1. The van der Waals surface area contributed by atoms with Gasteiger partial charge in [-0.25, -0.2) is 4.21 Å². The minimum atomic E-state index is -4.59. The van der Waals surface area contributed by atoms with E-state index in [1.165, 1.54) is 12.3 Å². The van der Waals surface area contributed by atoms with Crippen LogP contribution in [0.25, 0.3) is 0 Å². The average molecular weight is 356 g/mol. The van der Waals surface area contributed by atoms with Crippen molar-refractivity contribution in [2.45, 2.75) is 38.0 Å². The summed E-state index contributed by atoms with van der Waals surface area (Å²) in [6.07, 6.45) is -4.21. The lowest BCUT2D eigenvalue weighted by atomic mass is 10.2. The van der Waals surface area contributed by atoms with Gasteiger partial charge in [0.2, 0.25) is 0 Å². The zero-order valence-electron chi connectivity index (χ0n) is 12.4. The van der Waals surface area contributed by atoms with Crippen LogP contribution in [0.1, 0.15) is 24.6 Å². The second-order valence-electron chi connectivity index (χ2n) is 5.24. The molecule has 7 nitrogen and oxygen atoms in total. The van der Waals surface area contributed by atoms with E-state index in [-0.39, 0.29) is 12.2 Å². The molecule has 0 aliphatic carbocycles. The van der Waals surface area contributed by atoms with E-state index >= 15 is 0 Å². The highest BCUT2D eigenvalue weighted by Gasteiger charge is 2.41. The molecule has 0 amide bonds. The lowest BCUT2D eigenvalue weighted by Crippen LogP contribution is -2.33. The van der Waals surface area contributed by atoms with Gasteiger partial charge in [0.05, 0.1) is 5.69 Å². The lowest BCUT2D eigenvalue weighted by molar-refractivity contribution is -0.170. The highest BCUT2D eigenvalue weighted by Crippen LogP contribution is 2.33. The summed E-state index contributed by atoms with van der Waals surface area (Å²) in [5, 5.41) is 12.3. The number of carboxylic acids is 1. The van der Waals surface area contributed by atoms with Crippen molar-refractivity contribution in [1.82, 2.24) is 9.78 Å². The molecule has 1 aromatic rings. The zero-order valence-corrected chi connectivity index (χ0v) is 13.2. The Bertz CT molecular complexity index is 642. The molecule has 0 aliphatic rings. The normalized spacial score (nSPS) is 17.4. The first-order valence-electron chi connectivity index (χ1n) is 6.73. The van der Waals surface area contributed by atoms with E-state index in [9.17, 15) is 22.2 Å². The van der Waals surface area contributed by atoms with Crippen molar-refractivity contribution in [1.29, 1.82) is 4.78 Å². The fourth-order valence-corrected chi connectivity index (χ4v) is 3.34. The van der Waals surface area contributed by atoms with Gasteiger partial charge < -0.3 is 10.8 Å². The predicted molar refractivity (Wildman–Crippen MR) is 77.5 cm³/mol. The Hall–Kier alpha value is -1.62. The number of carboxylic acid groups (broad SMARTS) is 1. The third-order valence-corrected chi connectivity index (χ3v) is 5.03. The number of nitrogens with zero attached hydrogens (tertiary/aromatic N) is 2. The Morgan fingerprint density at radius 2 is 2.04 bits per heavy atom. The standard InChI is InChI=1S/C12H19F3N4O3S/c1-8-2-5-19(18-8)10(12(13,14)15)4-7-23(17,22)6-3-9(16)11(20)21/h2,5,9-10,17H,3-4,6-7,16H2,1H3,(H,20,21)/t9-,10?,23?/m0/s1. The Morgan fingerprint density at radius 1 is 1.48 bits per heavy atom. The molecule has 0 saturated carbocycles. The number of halogens is 3. The van der Waals surface area contributed by atoms with Gasteiger partial charge in [0, 0.05) is 27.4 Å². The van der Waals surface area contributed by atoms with Crippen molar-refractivity contribution in [2.24, 2.45) is 5.73 Å². The first kappa shape index (κ1) is 19.4. The Labute approximate surface area is 131 Å². The van der Waals surface area contributed by atoms with E-state index < -0.39 is 46.1 Å². The molecule has 1 rings (SSSR count). The number of aliphatic carboxylic acids is 1. The minimum absolute atomic E-state index is 0.227. The van der Waals surface area contributed by atoms with Gasteiger partial charge in [-0.1, -0.05) is 0 Å². The maximum Gasteiger partial charge on any atom is 0.410 e. The van der Waals surface area contributed by atoms with Gasteiger partial charge in [-0.05, 0) is 25.8 Å². The number of hydrogen-bond acceptors (Lipinski definition) is 5. The Balaban J connectivity index is 2.73. The molecule has 1 aromatic heterocycles. The van der Waals surface area contributed by atoms with Crippen LogP contribution in [0.3, 0.4) is 0 Å². The van der Waals surface area contributed by atoms with Crippen molar-refractivity contribution in [3.8, 4) is 0 Å². The van der Waals surface area contributed by atoms with Gasteiger partial charge in [-0.15, -0.1) is 0 Å². The van der Waals surface area contributed by atoms with Crippen molar-refractivity contribution in [3.05, 3.63) is 18.0 Å². The minimum Gasteiger partial charge on any atom is -0.480 e. The Morgan fingerprint density at radius 3 is 2.48 bits per heavy atom. The molecule has 11 heteroatoms. The van der Waals surface area contributed by atoms with E-state index in [1.54, 1.807) is 6.92 Å². The first-order chi connectivity index (χ1) is 10.4. The van der Waals surface area contributed by atoms with Crippen LogP contribution in [0.5, 0.6) is 0 Å². The summed E-state index contributed by atoms with van der Waals surface area (Å²) in [5.74, 6) is -2.17. The van der Waals surface area contributed by atoms with Gasteiger partial charge in [-0.3, -0.25) is 14.3 Å². The molecular weight excluding hydrogens is 337 g/mol. The SMILES string of the molecule is Cc1ccn(C(CCS(=N)(=O)CC[C@H](N)C(=O)O)C(F)(F)F)n1. The van der Waals surface area contributed by atoms with Gasteiger partial charge in [0.25, 0.3) is 0 Å². The van der Waals surface area contributed by atoms with Crippen LogP contribution in [0.4, 0.5) is 13.2 Å². The van der Waals surface area contributed by atoms with Crippen LogP contribution >= 0.6 is 0 Å². The average Bonchev–Trinajstić information content (AvgIpc) is 2.80. The third-order valence-electron chi connectivity index (χ3n) is 3.24. The van der Waals surface area contributed by atoms with E-state index in [1.807, 2.05) is 0 Å². The number of carbonyl (C=O) groups is 1. The van der Waals surface area contributed by atoms with Crippen molar-refractivity contribution < 1.29 is 27.3 Å². The molecule has 4 N–H and O–H groups in total. The number of nitrogens with one attached hydrogen (secondary N) is 1. The first-order valence-corrected chi connectivity index (χ1v) is 8.63. The molecule has 0 saturated heterocycles. The summed E-state index contributed by atoms with van der Waals surface area (Å²) >= 11 is 0. The molecule has 1 heterocycles. The van der Waals surface area contributed by atoms with E-state index in [4.69, 9.17) is 15.6 Å². The summed E-state index contributed by atoms with van der Waals surface area (Å²) in [7, 11) is -3.35. The van der Waals surface area contributed by atoms with Crippen molar-refractivity contribution >= 4 is 15.7 Å². The number of alkyl halides is 3. The summed E-state index contributed by atoms with van der Waals surface area (Å²) in [6, 6.07) is -1.84. The maximum atomic E-state index is 13.1. The molecule has 0 aromatic carbocycles. The molecule has 132 valence electrons. The van der Waals surface area contributed by atoms with Crippen LogP contribution in [0.2, 0.25) is 0 Å². The topological polar surface area (TPSA) is 122 Å². The summed E-state index contributed by atoms with van der Waals surface area (Å²) in [6.45, 7) is 1.55. The fraction of sp³-hybridized carbons (Fsp3) is 0.667. The molecule has 0 aliphatic heterocycles. The number of nitrogens with two attached hydrogens (primary N) is 1. The Kier molecular flexibility index (Phi) is 6.17. The van der Waals surface area contributed by atoms with E-state index in [0.29, 0.717) is 5.69 Å². The quantitative estimate of drug-likeness (QED) is 0.652.